The van der Waals surface area contributed by atoms with Gasteiger partial charge in [-0.3, -0.25) is 4.79 Å². The Balaban J connectivity index is 1.75. The molecule has 0 spiro atoms. The zero-order chi connectivity index (χ0) is 21.3. The molecule has 0 amide bonds. The summed E-state index contributed by atoms with van der Waals surface area (Å²) in [7, 11) is 1.93. The Morgan fingerprint density at radius 3 is 2.77 bits per heavy atom. The van der Waals surface area contributed by atoms with Crippen molar-refractivity contribution in [1.82, 2.24) is 9.88 Å². The minimum atomic E-state index is -0.820. The van der Waals surface area contributed by atoms with Gasteiger partial charge in [0.15, 0.2) is 0 Å². The van der Waals surface area contributed by atoms with Crippen LogP contribution >= 0.6 is 22.9 Å². The summed E-state index contributed by atoms with van der Waals surface area (Å²) in [6, 6.07) is 10.2. The van der Waals surface area contributed by atoms with E-state index in [1.54, 1.807) is 11.3 Å². The van der Waals surface area contributed by atoms with Gasteiger partial charge in [-0.2, -0.15) is 0 Å². The van der Waals surface area contributed by atoms with Gasteiger partial charge in [-0.05, 0) is 54.2 Å². The van der Waals surface area contributed by atoms with Gasteiger partial charge in [0.25, 0.3) is 0 Å². The van der Waals surface area contributed by atoms with Crippen molar-refractivity contribution in [3.8, 4) is 0 Å². The van der Waals surface area contributed by atoms with Crippen molar-refractivity contribution < 1.29 is 9.90 Å². The van der Waals surface area contributed by atoms with Crippen molar-refractivity contribution in [1.29, 1.82) is 0 Å². The van der Waals surface area contributed by atoms with E-state index < -0.39 is 5.97 Å². The molecule has 4 aromatic rings. The standard InChI is InChI=1S/C23H24ClN3O2S/c1-14-3-4-18-15(8-22(28)29)11-27(21(18)7-14)12-16-13-30-23-19(16)9-17(24)10-20(23)26-6-5-25-2/h3-4,7,9-11,13,25-26H,5-6,8,12H2,1-2H3,(H,28,29). The van der Waals surface area contributed by atoms with Crippen LogP contribution in [0.5, 0.6) is 0 Å². The highest BCUT2D eigenvalue weighted by atomic mass is 35.5. The van der Waals surface area contributed by atoms with Crippen LogP contribution in [-0.4, -0.2) is 35.8 Å². The zero-order valence-corrected chi connectivity index (χ0v) is 18.5. The second kappa shape index (κ2) is 8.68. The monoisotopic (exact) mass is 441 g/mol. The summed E-state index contributed by atoms with van der Waals surface area (Å²) < 4.78 is 3.33. The fourth-order valence-corrected chi connectivity index (χ4v) is 5.08. The normalized spacial score (nSPS) is 11.4. The molecule has 5 nitrogen and oxygen atoms in total. The number of fused-ring (bicyclic) bond motifs is 2. The van der Waals surface area contributed by atoms with Gasteiger partial charge in [0.05, 0.1) is 16.8 Å². The second-order valence-corrected chi connectivity index (χ2v) is 8.81. The van der Waals surface area contributed by atoms with Crippen LogP contribution in [0, 0.1) is 6.92 Å². The number of hydrogen-bond donors (Lipinski definition) is 3. The van der Waals surface area contributed by atoms with Crippen LogP contribution in [0.1, 0.15) is 16.7 Å². The third kappa shape index (κ3) is 4.17. The average Bonchev–Trinajstić information content (AvgIpc) is 3.23. The molecular weight excluding hydrogens is 418 g/mol. The van der Waals surface area contributed by atoms with E-state index in [1.165, 1.54) is 10.3 Å². The maximum absolute atomic E-state index is 11.3. The first kappa shape index (κ1) is 20.7. The predicted octanol–water partition coefficient (Wildman–Crippen LogP) is 5.12. The number of aryl methyl sites for hydroxylation is 1. The highest BCUT2D eigenvalue weighted by Crippen LogP contribution is 2.36. The lowest BCUT2D eigenvalue weighted by Gasteiger charge is -2.09. The number of thiophene rings is 1. The van der Waals surface area contributed by atoms with Crippen LogP contribution in [0.25, 0.3) is 21.0 Å². The molecule has 2 aromatic heterocycles. The fraction of sp³-hybridized carbons (Fsp3) is 0.261. The minimum absolute atomic E-state index is 0.0162. The van der Waals surface area contributed by atoms with Gasteiger partial charge < -0.3 is 20.3 Å². The van der Waals surface area contributed by atoms with Crippen molar-refractivity contribution in [2.45, 2.75) is 19.9 Å². The van der Waals surface area contributed by atoms with Crippen molar-refractivity contribution in [3.05, 3.63) is 63.6 Å². The quantitative estimate of drug-likeness (QED) is 0.332. The van der Waals surface area contributed by atoms with E-state index >= 15 is 0 Å². The molecule has 2 heterocycles. The Labute approximate surface area is 184 Å². The summed E-state index contributed by atoms with van der Waals surface area (Å²) in [6.07, 6.45) is 1.99. The van der Waals surface area contributed by atoms with Crippen molar-refractivity contribution in [3.63, 3.8) is 0 Å². The summed E-state index contributed by atoms with van der Waals surface area (Å²) in [6.45, 7) is 4.40. The van der Waals surface area contributed by atoms with E-state index in [2.05, 4.69) is 33.6 Å². The minimum Gasteiger partial charge on any atom is -0.481 e. The van der Waals surface area contributed by atoms with Crippen LogP contribution in [0.15, 0.2) is 41.9 Å². The smallest absolute Gasteiger partial charge is 0.307 e. The third-order valence-corrected chi connectivity index (χ3v) is 6.51. The molecule has 30 heavy (non-hydrogen) atoms. The van der Waals surface area contributed by atoms with Crippen LogP contribution in [0.2, 0.25) is 5.02 Å². The molecule has 0 saturated heterocycles. The summed E-state index contributed by atoms with van der Waals surface area (Å²) in [5, 5.41) is 20.9. The number of nitrogens with one attached hydrogen (secondary N) is 2. The highest BCUT2D eigenvalue weighted by molar-refractivity contribution is 7.18. The predicted molar refractivity (Wildman–Crippen MR) is 126 cm³/mol. The summed E-state index contributed by atoms with van der Waals surface area (Å²) in [4.78, 5) is 11.3. The van der Waals surface area contributed by atoms with Gasteiger partial charge in [-0.1, -0.05) is 23.7 Å². The summed E-state index contributed by atoms with van der Waals surface area (Å²) >= 11 is 8.13. The first-order valence-corrected chi connectivity index (χ1v) is 11.1. The molecule has 0 saturated carbocycles. The number of nitrogens with zero attached hydrogens (tertiary/aromatic N) is 1. The molecule has 0 aliphatic rings. The van der Waals surface area contributed by atoms with Crippen molar-refractivity contribution >= 4 is 55.6 Å². The van der Waals surface area contributed by atoms with Crippen LogP contribution in [0.4, 0.5) is 5.69 Å². The van der Waals surface area contributed by atoms with Gasteiger partial charge in [0, 0.05) is 47.1 Å². The number of carbonyl (C=O) groups is 1. The lowest BCUT2D eigenvalue weighted by Crippen LogP contribution is -2.17. The topological polar surface area (TPSA) is 66.3 Å². The Kier molecular flexibility index (Phi) is 5.99. The maximum Gasteiger partial charge on any atom is 0.307 e. The number of rotatable bonds is 8. The molecule has 4 rings (SSSR count). The molecule has 0 aliphatic heterocycles. The number of hydrogen-bond acceptors (Lipinski definition) is 4. The lowest BCUT2D eigenvalue weighted by molar-refractivity contribution is -0.136. The molecule has 2 aromatic carbocycles. The highest BCUT2D eigenvalue weighted by Gasteiger charge is 2.15. The van der Waals surface area contributed by atoms with Gasteiger partial charge in [-0.25, -0.2) is 0 Å². The van der Waals surface area contributed by atoms with Gasteiger partial charge in [0.2, 0.25) is 0 Å². The SMILES string of the molecule is CNCCNc1cc(Cl)cc2c(Cn3cc(CC(=O)O)c4ccc(C)cc43)csc12. The third-order valence-electron chi connectivity index (χ3n) is 5.21. The van der Waals surface area contributed by atoms with Crippen LogP contribution in [-0.2, 0) is 17.8 Å². The number of carboxylic acids is 1. The molecular formula is C23H24ClN3O2S. The average molecular weight is 442 g/mol. The van der Waals surface area contributed by atoms with E-state index in [1.807, 2.05) is 37.5 Å². The summed E-state index contributed by atoms with van der Waals surface area (Å²) in [5.41, 5.74) is 5.26. The molecule has 3 N–H and O–H groups in total. The van der Waals surface area contributed by atoms with Crippen molar-refractivity contribution in [2.24, 2.45) is 0 Å². The number of halogens is 1. The number of benzene rings is 2. The van der Waals surface area contributed by atoms with Gasteiger partial charge in [-0.15, -0.1) is 11.3 Å². The molecule has 0 bridgehead atoms. The van der Waals surface area contributed by atoms with E-state index in [-0.39, 0.29) is 6.42 Å². The number of anilines is 1. The van der Waals surface area contributed by atoms with Gasteiger partial charge >= 0.3 is 5.97 Å². The van der Waals surface area contributed by atoms with Crippen LogP contribution in [0.3, 0.4) is 0 Å². The van der Waals surface area contributed by atoms with Crippen LogP contribution < -0.4 is 10.6 Å². The molecule has 0 atom stereocenters. The first-order chi connectivity index (χ1) is 14.5. The molecule has 7 heteroatoms. The molecule has 0 unspecified atom stereocenters. The lowest BCUT2D eigenvalue weighted by atomic mass is 10.1. The Morgan fingerprint density at radius 2 is 2.00 bits per heavy atom. The number of carboxylic acid groups (broad SMARTS) is 1. The van der Waals surface area contributed by atoms with Crippen molar-refractivity contribution in [2.75, 3.05) is 25.5 Å². The number of likely N-dealkylation sites (N-methyl/N-ethyl adjacent to an activating group) is 1. The molecule has 0 radical (unpaired) electrons. The van der Waals surface area contributed by atoms with E-state index in [0.29, 0.717) is 11.6 Å². The Morgan fingerprint density at radius 1 is 1.17 bits per heavy atom. The fourth-order valence-electron chi connectivity index (χ4n) is 3.82. The Bertz CT molecular complexity index is 1230. The van der Waals surface area contributed by atoms with E-state index in [4.69, 9.17) is 11.6 Å². The Hall–Kier alpha value is -2.54. The molecule has 156 valence electrons. The van der Waals surface area contributed by atoms with Gasteiger partial charge in [0.1, 0.15) is 0 Å². The largest absolute Gasteiger partial charge is 0.481 e. The summed E-state index contributed by atoms with van der Waals surface area (Å²) in [5.74, 6) is -0.820. The van der Waals surface area contributed by atoms with E-state index in [9.17, 15) is 9.90 Å². The maximum atomic E-state index is 11.3. The molecule has 0 fully saturated rings. The first-order valence-electron chi connectivity index (χ1n) is 9.84. The number of aliphatic carboxylic acids is 1. The van der Waals surface area contributed by atoms with E-state index in [0.717, 1.165) is 46.2 Å². The zero-order valence-electron chi connectivity index (χ0n) is 17.0. The number of aromatic nitrogens is 1. The second-order valence-electron chi connectivity index (χ2n) is 7.49. The molecule has 0 aliphatic carbocycles.